The molecule has 1 aliphatic rings. The summed E-state index contributed by atoms with van der Waals surface area (Å²) in [4.78, 5) is 16.0. The zero-order valence-corrected chi connectivity index (χ0v) is 14.1. The molecule has 25 heavy (non-hydrogen) atoms. The van der Waals surface area contributed by atoms with Gasteiger partial charge in [0.2, 0.25) is 5.91 Å². The molecular formula is C19H21FN4O. The van der Waals surface area contributed by atoms with Gasteiger partial charge >= 0.3 is 0 Å². The van der Waals surface area contributed by atoms with Crippen molar-refractivity contribution in [1.82, 2.24) is 10.6 Å². The molecule has 0 aliphatic carbocycles. The van der Waals surface area contributed by atoms with Crippen LogP contribution in [-0.2, 0) is 11.3 Å². The van der Waals surface area contributed by atoms with Gasteiger partial charge in [0.1, 0.15) is 5.82 Å². The van der Waals surface area contributed by atoms with Gasteiger partial charge in [0.05, 0.1) is 0 Å². The van der Waals surface area contributed by atoms with E-state index in [-0.39, 0.29) is 17.6 Å². The standard InChI is InChI=1S/C19H21FN4O/c1-21-19(22-11-13-6-2-4-8-16(13)20)23-12-14-10-18(25)24-17-9-5-3-7-15(14)17/h2-9,14H,10-12H2,1H3,(H,24,25)(H2,21,22,23). The minimum absolute atomic E-state index is 0.0137. The highest BCUT2D eigenvalue weighted by atomic mass is 19.1. The number of amides is 1. The number of guanidine groups is 1. The number of aliphatic imine (C=N–C) groups is 1. The van der Waals surface area contributed by atoms with E-state index in [4.69, 9.17) is 0 Å². The van der Waals surface area contributed by atoms with E-state index in [1.165, 1.54) is 6.07 Å². The number of fused-ring (bicyclic) bond motifs is 1. The molecule has 1 unspecified atom stereocenters. The first-order chi connectivity index (χ1) is 12.2. The molecule has 0 fully saturated rings. The van der Waals surface area contributed by atoms with Gasteiger partial charge in [0.15, 0.2) is 5.96 Å². The van der Waals surface area contributed by atoms with E-state index in [9.17, 15) is 9.18 Å². The van der Waals surface area contributed by atoms with Crippen molar-refractivity contribution in [3.05, 3.63) is 65.5 Å². The van der Waals surface area contributed by atoms with E-state index in [1.807, 2.05) is 24.3 Å². The summed E-state index contributed by atoms with van der Waals surface area (Å²) in [6.07, 6.45) is 0.425. The van der Waals surface area contributed by atoms with Crippen molar-refractivity contribution in [2.75, 3.05) is 18.9 Å². The molecule has 3 rings (SSSR count). The summed E-state index contributed by atoms with van der Waals surface area (Å²) >= 11 is 0. The van der Waals surface area contributed by atoms with E-state index in [0.29, 0.717) is 31.0 Å². The molecule has 0 bridgehead atoms. The Labute approximate surface area is 146 Å². The van der Waals surface area contributed by atoms with Gasteiger partial charge in [0, 0.05) is 43.7 Å². The van der Waals surface area contributed by atoms with Crippen molar-refractivity contribution in [3.63, 3.8) is 0 Å². The lowest BCUT2D eigenvalue weighted by Crippen LogP contribution is -2.40. The summed E-state index contributed by atoms with van der Waals surface area (Å²) < 4.78 is 13.7. The Bertz CT molecular complexity index is 790. The number of nitrogens with zero attached hydrogens (tertiary/aromatic N) is 1. The first kappa shape index (κ1) is 17.0. The van der Waals surface area contributed by atoms with Crippen LogP contribution in [0, 0.1) is 5.82 Å². The Kier molecular flexibility index (Phi) is 5.28. The molecule has 130 valence electrons. The molecule has 5 nitrogen and oxygen atoms in total. The molecular weight excluding hydrogens is 319 g/mol. The van der Waals surface area contributed by atoms with Crippen LogP contribution in [-0.4, -0.2) is 25.5 Å². The van der Waals surface area contributed by atoms with Gasteiger partial charge in [-0.1, -0.05) is 36.4 Å². The van der Waals surface area contributed by atoms with Crippen molar-refractivity contribution < 1.29 is 9.18 Å². The minimum Gasteiger partial charge on any atom is -0.356 e. The molecule has 2 aromatic carbocycles. The number of halogens is 1. The van der Waals surface area contributed by atoms with Crippen LogP contribution >= 0.6 is 0 Å². The second-order valence-electron chi connectivity index (χ2n) is 5.93. The molecule has 1 atom stereocenters. The summed E-state index contributed by atoms with van der Waals surface area (Å²) in [5.41, 5.74) is 2.55. The van der Waals surface area contributed by atoms with Crippen LogP contribution in [0.25, 0.3) is 0 Å². The number of hydrogen-bond donors (Lipinski definition) is 3. The van der Waals surface area contributed by atoms with Crippen LogP contribution in [0.5, 0.6) is 0 Å². The summed E-state index contributed by atoms with van der Waals surface area (Å²) in [5, 5.41) is 9.22. The molecule has 1 aliphatic heterocycles. The Hall–Kier alpha value is -2.89. The third-order valence-electron chi connectivity index (χ3n) is 4.25. The fourth-order valence-corrected chi connectivity index (χ4v) is 2.95. The van der Waals surface area contributed by atoms with Crippen molar-refractivity contribution in [1.29, 1.82) is 0 Å². The van der Waals surface area contributed by atoms with Crippen LogP contribution in [0.2, 0.25) is 0 Å². The maximum Gasteiger partial charge on any atom is 0.225 e. The molecule has 0 saturated heterocycles. The average Bonchev–Trinajstić information content (AvgIpc) is 2.62. The molecule has 2 aromatic rings. The van der Waals surface area contributed by atoms with Crippen molar-refractivity contribution >= 4 is 17.6 Å². The fraction of sp³-hybridized carbons (Fsp3) is 0.263. The number of benzene rings is 2. The highest BCUT2D eigenvalue weighted by molar-refractivity contribution is 5.94. The van der Waals surface area contributed by atoms with Gasteiger partial charge in [-0.3, -0.25) is 9.79 Å². The monoisotopic (exact) mass is 340 g/mol. The average molecular weight is 340 g/mol. The lowest BCUT2D eigenvalue weighted by Gasteiger charge is -2.26. The molecule has 0 spiro atoms. The molecule has 1 heterocycles. The Morgan fingerprint density at radius 3 is 2.76 bits per heavy atom. The summed E-state index contributed by atoms with van der Waals surface area (Å²) in [5.74, 6) is 0.409. The molecule has 0 saturated carbocycles. The largest absolute Gasteiger partial charge is 0.356 e. The Morgan fingerprint density at radius 1 is 1.20 bits per heavy atom. The highest BCUT2D eigenvalue weighted by Gasteiger charge is 2.24. The smallest absolute Gasteiger partial charge is 0.225 e. The normalized spacial score (nSPS) is 16.8. The number of nitrogens with one attached hydrogen (secondary N) is 3. The number of rotatable bonds is 4. The molecule has 0 radical (unpaired) electrons. The number of carbonyl (C=O) groups excluding carboxylic acids is 1. The van der Waals surface area contributed by atoms with Gasteiger partial charge in [-0.25, -0.2) is 4.39 Å². The second-order valence-corrected chi connectivity index (χ2v) is 5.93. The van der Waals surface area contributed by atoms with E-state index < -0.39 is 0 Å². The van der Waals surface area contributed by atoms with Gasteiger partial charge in [-0.15, -0.1) is 0 Å². The molecule has 6 heteroatoms. The minimum atomic E-state index is -0.247. The highest BCUT2D eigenvalue weighted by Crippen LogP contribution is 2.31. The lowest BCUT2D eigenvalue weighted by molar-refractivity contribution is -0.116. The lowest BCUT2D eigenvalue weighted by atomic mass is 9.90. The zero-order chi connectivity index (χ0) is 17.6. The van der Waals surface area contributed by atoms with E-state index in [2.05, 4.69) is 20.9 Å². The maximum absolute atomic E-state index is 13.7. The van der Waals surface area contributed by atoms with Gasteiger partial charge in [-0.2, -0.15) is 0 Å². The first-order valence-corrected chi connectivity index (χ1v) is 8.24. The predicted octanol–water partition coefficient (Wildman–Crippen LogP) is 2.62. The van der Waals surface area contributed by atoms with Gasteiger partial charge < -0.3 is 16.0 Å². The third kappa shape index (κ3) is 4.15. The van der Waals surface area contributed by atoms with Crippen LogP contribution in [0.1, 0.15) is 23.5 Å². The summed E-state index contributed by atoms with van der Waals surface area (Å²) in [6.45, 7) is 0.912. The van der Waals surface area contributed by atoms with E-state index in [1.54, 1.807) is 25.2 Å². The maximum atomic E-state index is 13.7. The number of anilines is 1. The van der Waals surface area contributed by atoms with Crippen molar-refractivity contribution in [2.45, 2.75) is 18.9 Å². The topological polar surface area (TPSA) is 65.5 Å². The van der Waals surface area contributed by atoms with Crippen molar-refractivity contribution in [2.24, 2.45) is 4.99 Å². The SMILES string of the molecule is CN=C(NCc1ccccc1F)NCC1CC(=O)Nc2ccccc21. The second kappa shape index (κ2) is 7.79. The first-order valence-electron chi connectivity index (χ1n) is 8.24. The molecule has 1 amide bonds. The van der Waals surface area contributed by atoms with Gasteiger partial charge in [0.25, 0.3) is 0 Å². The third-order valence-corrected chi connectivity index (χ3v) is 4.25. The molecule has 3 N–H and O–H groups in total. The van der Waals surface area contributed by atoms with E-state index in [0.717, 1.165) is 11.3 Å². The van der Waals surface area contributed by atoms with Crippen LogP contribution in [0.4, 0.5) is 10.1 Å². The fourth-order valence-electron chi connectivity index (χ4n) is 2.95. The Morgan fingerprint density at radius 2 is 1.96 bits per heavy atom. The number of carbonyl (C=O) groups is 1. The number of para-hydroxylation sites is 1. The van der Waals surface area contributed by atoms with Gasteiger partial charge in [-0.05, 0) is 17.7 Å². The van der Waals surface area contributed by atoms with Crippen LogP contribution in [0.15, 0.2) is 53.5 Å². The number of hydrogen-bond acceptors (Lipinski definition) is 2. The predicted molar refractivity (Wildman–Crippen MR) is 97.0 cm³/mol. The van der Waals surface area contributed by atoms with Crippen LogP contribution < -0.4 is 16.0 Å². The van der Waals surface area contributed by atoms with Crippen LogP contribution in [0.3, 0.4) is 0 Å². The Balaban J connectivity index is 1.60. The quantitative estimate of drug-likeness (QED) is 0.592. The summed E-state index contributed by atoms with van der Waals surface area (Å²) in [6, 6.07) is 14.4. The van der Waals surface area contributed by atoms with Crippen molar-refractivity contribution in [3.8, 4) is 0 Å². The zero-order valence-electron chi connectivity index (χ0n) is 14.1. The van der Waals surface area contributed by atoms with E-state index >= 15 is 0 Å². The molecule has 0 aromatic heterocycles. The summed E-state index contributed by atoms with van der Waals surface area (Å²) in [7, 11) is 1.66.